The topological polar surface area (TPSA) is 68.4 Å². The number of H-pyrrole nitrogens is 1. The van der Waals surface area contributed by atoms with Crippen LogP contribution in [-0.4, -0.2) is 47.9 Å². The SMILES string of the molecule is CC(=O)N(C)C1CCN(c2cccc(NC(=O)c3cc4c(F)ccc(C)c4[nH]3)c2)C1. The van der Waals surface area contributed by atoms with Gasteiger partial charge in [-0.1, -0.05) is 12.1 Å². The number of nitrogens with zero attached hydrogens (tertiary/aromatic N) is 2. The van der Waals surface area contributed by atoms with Gasteiger partial charge in [0, 0.05) is 43.8 Å². The summed E-state index contributed by atoms with van der Waals surface area (Å²) in [7, 11) is 1.83. The molecule has 7 heteroatoms. The molecule has 1 saturated heterocycles. The number of anilines is 2. The maximum Gasteiger partial charge on any atom is 0.272 e. The number of aryl methyl sites for hydroxylation is 1. The Morgan fingerprint density at radius 1 is 1.23 bits per heavy atom. The number of hydrogen-bond acceptors (Lipinski definition) is 3. The van der Waals surface area contributed by atoms with Crippen molar-refractivity contribution in [2.75, 3.05) is 30.4 Å². The summed E-state index contributed by atoms with van der Waals surface area (Å²) < 4.78 is 14.1. The third-order valence-electron chi connectivity index (χ3n) is 5.87. The molecule has 1 aliphatic rings. The normalized spacial score (nSPS) is 16.1. The second-order valence-corrected chi connectivity index (χ2v) is 7.86. The average Bonchev–Trinajstić information content (AvgIpc) is 3.39. The molecule has 0 aliphatic carbocycles. The van der Waals surface area contributed by atoms with E-state index in [1.165, 1.54) is 6.07 Å². The number of carbonyl (C=O) groups is 2. The Morgan fingerprint density at radius 2 is 2.03 bits per heavy atom. The van der Waals surface area contributed by atoms with Crippen LogP contribution in [0.15, 0.2) is 42.5 Å². The Morgan fingerprint density at radius 3 is 2.77 bits per heavy atom. The summed E-state index contributed by atoms with van der Waals surface area (Å²) in [5.41, 5.74) is 3.48. The number of benzene rings is 2. The van der Waals surface area contributed by atoms with Gasteiger partial charge in [-0.05, 0) is 49.2 Å². The number of rotatable bonds is 4. The highest BCUT2D eigenvalue weighted by atomic mass is 19.1. The number of carbonyl (C=O) groups excluding carboxylic acids is 2. The zero-order valence-electron chi connectivity index (χ0n) is 17.3. The van der Waals surface area contributed by atoms with E-state index in [2.05, 4.69) is 15.2 Å². The van der Waals surface area contributed by atoms with Gasteiger partial charge >= 0.3 is 0 Å². The Bertz CT molecular complexity index is 1080. The summed E-state index contributed by atoms with van der Waals surface area (Å²) in [5, 5.41) is 3.30. The molecule has 0 radical (unpaired) electrons. The van der Waals surface area contributed by atoms with E-state index in [0.29, 0.717) is 22.3 Å². The third kappa shape index (κ3) is 3.75. The van der Waals surface area contributed by atoms with Crippen LogP contribution in [0.2, 0.25) is 0 Å². The largest absolute Gasteiger partial charge is 0.369 e. The lowest BCUT2D eigenvalue weighted by Crippen LogP contribution is -2.37. The molecule has 3 aromatic rings. The minimum Gasteiger partial charge on any atom is -0.369 e. The fourth-order valence-electron chi connectivity index (χ4n) is 3.98. The average molecular weight is 408 g/mol. The van der Waals surface area contributed by atoms with Crippen LogP contribution >= 0.6 is 0 Å². The summed E-state index contributed by atoms with van der Waals surface area (Å²) >= 11 is 0. The Kier molecular flexibility index (Phi) is 5.20. The maximum atomic E-state index is 14.1. The molecule has 2 amide bonds. The van der Waals surface area contributed by atoms with Crippen molar-refractivity contribution in [3.8, 4) is 0 Å². The first kappa shape index (κ1) is 19.9. The van der Waals surface area contributed by atoms with Gasteiger partial charge in [0.05, 0.1) is 11.6 Å². The van der Waals surface area contributed by atoms with Gasteiger partial charge in [-0.2, -0.15) is 0 Å². The molecule has 156 valence electrons. The van der Waals surface area contributed by atoms with Crippen LogP contribution in [0.25, 0.3) is 10.9 Å². The van der Waals surface area contributed by atoms with E-state index in [0.717, 1.165) is 30.8 Å². The number of halogens is 1. The van der Waals surface area contributed by atoms with Crippen molar-refractivity contribution in [1.82, 2.24) is 9.88 Å². The molecule has 0 bridgehead atoms. The molecule has 1 unspecified atom stereocenters. The van der Waals surface area contributed by atoms with E-state index in [1.54, 1.807) is 24.0 Å². The van der Waals surface area contributed by atoms with Crippen LogP contribution < -0.4 is 10.2 Å². The molecule has 1 aromatic heterocycles. The molecule has 2 heterocycles. The van der Waals surface area contributed by atoms with Crippen molar-refractivity contribution in [3.63, 3.8) is 0 Å². The number of likely N-dealkylation sites (N-methyl/N-ethyl adjacent to an activating group) is 1. The van der Waals surface area contributed by atoms with Crippen molar-refractivity contribution in [3.05, 3.63) is 59.5 Å². The molecule has 1 aliphatic heterocycles. The molecular weight excluding hydrogens is 383 g/mol. The van der Waals surface area contributed by atoms with Crippen molar-refractivity contribution in [1.29, 1.82) is 0 Å². The highest BCUT2D eigenvalue weighted by molar-refractivity contribution is 6.06. The van der Waals surface area contributed by atoms with Crippen LogP contribution in [0.5, 0.6) is 0 Å². The van der Waals surface area contributed by atoms with Gasteiger partial charge in [0.1, 0.15) is 11.5 Å². The van der Waals surface area contributed by atoms with Gasteiger partial charge in [0.15, 0.2) is 0 Å². The second kappa shape index (κ2) is 7.82. The minimum absolute atomic E-state index is 0.0628. The lowest BCUT2D eigenvalue weighted by molar-refractivity contribution is -0.129. The molecule has 4 rings (SSSR count). The van der Waals surface area contributed by atoms with Crippen LogP contribution in [0.4, 0.5) is 15.8 Å². The van der Waals surface area contributed by atoms with Crippen molar-refractivity contribution in [2.45, 2.75) is 26.3 Å². The standard InChI is InChI=1S/C23H25FN4O2/c1-14-7-8-20(24)19-12-21(26-22(14)19)23(30)25-16-5-4-6-17(11-16)28-10-9-18(13-28)27(3)15(2)29/h4-8,11-12,18,26H,9-10,13H2,1-3H3,(H,25,30). The summed E-state index contributed by atoms with van der Waals surface area (Å²) in [6.07, 6.45) is 0.909. The van der Waals surface area contributed by atoms with Crippen LogP contribution in [0.1, 0.15) is 29.4 Å². The lowest BCUT2D eigenvalue weighted by Gasteiger charge is -2.24. The van der Waals surface area contributed by atoms with Crippen molar-refractivity contribution >= 4 is 34.1 Å². The summed E-state index contributed by atoms with van der Waals surface area (Å²) in [4.78, 5) is 31.4. The van der Waals surface area contributed by atoms with Gasteiger partial charge < -0.3 is 20.1 Å². The zero-order chi connectivity index (χ0) is 21.4. The predicted molar refractivity (Wildman–Crippen MR) is 116 cm³/mol. The fraction of sp³-hybridized carbons (Fsp3) is 0.304. The Balaban J connectivity index is 1.50. The van der Waals surface area contributed by atoms with E-state index in [9.17, 15) is 14.0 Å². The summed E-state index contributed by atoms with van der Waals surface area (Å²) in [6, 6.07) is 12.4. The molecule has 1 atom stereocenters. The van der Waals surface area contributed by atoms with Gasteiger partial charge in [0.2, 0.25) is 5.91 Å². The van der Waals surface area contributed by atoms with E-state index in [1.807, 2.05) is 38.2 Å². The number of hydrogen-bond donors (Lipinski definition) is 2. The molecule has 30 heavy (non-hydrogen) atoms. The van der Waals surface area contributed by atoms with Gasteiger partial charge in [-0.15, -0.1) is 0 Å². The maximum absolute atomic E-state index is 14.1. The van der Waals surface area contributed by atoms with E-state index < -0.39 is 0 Å². The van der Waals surface area contributed by atoms with Crippen molar-refractivity contribution in [2.24, 2.45) is 0 Å². The summed E-state index contributed by atoms with van der Waals surface area (Å²) in [6.45, 7) is 5.06. The number of amides is 2. The smallest absolute Gasteiger partial charge is 0.272 e. The molecule has 2 N–H and O–H groups in total. The fourth-order valence-corrected chi connectivity index (χ4v) is 3.98. The van der Waals surface area contributed by atoms with E-state index >= 15 is 0 Å². The minimum atomic E-state index is -0.355. The Labute approximate surface area is 174 Å². The van der Waals surface area contributed by atoms with Gasteiger partial charge in [-0.3, -0.25) is 9.59 Å². The predicted octanol–water partition coefficient (Wildman–Crippen LogP) is 3.92. The zero-order valence-corrected chi connectivity index (χ0v) is 17.3. The summed E-state index contributed by atoms with van der Waals surface area (Å²) in [5.74, 6) is -0.613. The lowest BCUT2D eigenvalue weighted by atomic mass is 10.1. The molecule has 6 nitrogen and oxygen atoms in total. The van der Waals surface area contributed by atoms with Crippen molar-refractivity contribution < 1.29 is 14.0 Å². The highest BCUT2D eigenvalue weighted by Crippen LogP contribution is 2.26. The first-order valence-corrected chi connectivity index (χ1v) is 10.0. The van der Waals surface area contributed by atoms with Gasteiger partial charge in [0.25, 0.3) is 5.91 Å². The quantitative estimate of drug-likeness (QED) is 0.687. The van der Waals surface area contributed by atoms with Crippen LogP contribution in [-0.2, 0) is 4.79 Å². The highest BCUT2D eigenvalue weighted by Gasteiger charge is 2.27. The van der Waals surface area contributed by atoms with Crippen LogP contribution in [0.3, 0.4) is 0 Å². The number of aromatic nitrogens is 1. The molecular formula is C23H25FN4O2. The second-order valence-electron chi connectivity index (χ2n) is 7.86. The number of aromatic amines is 1. The first-order chi connectivity index (χ1) is 14.3. The third-order valence-corrected chi connectivity index (χ3v) is 5.87. The molecule has 0 saturated carbocycles. The molecule has 2 aromatic carbocycles. The number of fused-ring (bicyclic) bond motifs is 1. The first-order valence-electron chi connectivity index (χ1n) is 10.0. The molecule has 1 fully saturated rings. The van der Waals surface area contributed by atoms with Crippen LogP contribution in [0, 0.1) is 12.7 Å². The van der Waals surface area contributed by atoms with E-state index in [-0.39, 0.29) is 23.7 Å². The van der Waals surface area contributed by atoms with Gasteiger partial charge in [-0.25, -0.2) is 4.39 Å². The van der Waals surface area contributed by atoms with E-state index in [4.69, 9.17) is 0 Å². The number of nitrogens with one attached hydrogen (secondary N) is 2. The monoisotopic (exact) mass is 408 g/mol. The Hall–Kier alpha value is -3.35. The molecule has 0 spiro atoms.